The van der Waals surface area contributed by atoms with Crippen molar-refractivity contribution in [3.8, 4) is 0 Å². The number of hydrogen-bond donors (Lipinski definition) is 2. The van der Waals surface area contributed by atoms with Gasteiger partial charge in [0.25, 0.3) is 0 Å². The zero-order valence-corrected chi connectivity index (χ0v) is 9.16. The Morgan fingerprint density at radius 3 is 2.47 bits per heavy atom. The Hall–Kier alpha value is -1.55. The number of nitrogen functional groups attached to an aromatic ring is 1. The van der Waals surface area contributed by atoms with Crippen molar-refractivity contribution in [1.82, 2.24) is 10.4 Å². The minimum atomic E-state index is 0.0248. The Morgan fingerprint density at radius 1 is 1.33 bits per heavy atom. The van der Waals surface area contributed by atoms with Crippen LogP contribution in [0.1, 0.15) is 12.0 Å². The molecule has 0 radical (unpaired) electrons. The van der Waals surface area contributed by atoms with Crippen molar-refractivity contribution in [3.05, 3.63) is 29.8 Å². The zero-order chi connectivity index (χ0) is 11.3. The molecular weight excluding hydrogens is 190 g/mol. The van der Waals surface area contributed by atoms with Crippen LogP contribution in [-0.4, -0.2) is 25.0 Å². The van der Waals surface area contributed by atoms with Gasteiger partial charge in [-0.3, -0.25) is 10.2 Å². The van der Waals surface area contributed by atoms with E-state index in [4.69, 9.17) is 5.73 Å². The van der Waals surface area contributed by atoms with Gasteiger partial charge in [-0.2, -0.15) is 0 Å². The number of benzene rings is 1. The minimum Gasteiger partial charge on any atom is -0.399 e. The number of hydrazine groups is 1. The molecule has 0 aliphatic heterocycles. The number of nitrogens with zero attached hydrogens (tertiary/aromatic N) is 1. The maximum Gasteiger partial charge on any atom is 0.234 e. The molecule has 0 aromatic heterocycles. The first-order valence-electron chi connectivity index (χ1n) is 4.89. The molecule has 0 saturated heterocycles. The Bertz CT molecular complexity index is 319. The van der Waals surface area contributed by atoms with E-state index in [1.165, 1.54) is 0 Å². The van der Waals surface area contributed by atoms with Crippen molar-refractivity contribution in [2.75, 3.05) is 19.8 Å². The number of amides is 1. The lowest BCUT2D eigenvalue weighted by Gasteiger charge is -2.11. The summed E-state index contributed by atoms with van der Waals surface area (Å²) in [5.74, 6) is 0.0248. The van der Waals surface area contributed by atoms with E-state index < -0.39 is 0 Å². The molecule has 1 aromatic rings. The van der Waals surface area contributed by atoms with Gasteiger partial charge in [0.1, 0.15) is 0 Å². The molecule has 0 fully saturated rings. The molecule has 0 saturated carbocycles. The van der Waals surface area contributed by atoms with Crippen molar-refractivity contribution < 1.29 is 4.79 Å². The lowest BCUT2D eigenvalue weighted by molar-refractivity contribution is -0.124. The lowest BCUT2D eigenvalue weighted by Crippen LogP contribution is -2.36. The third-order valence-corrected chi connectivity index (χ3v) is 1.97. The molecule has 0 spiro atoms. The Kier molecular flexibility index (Phi) is 4.12. The summed E-state index contributed by atoms with van der Waals surface area (Å²) >= 11 is 0. The van der Waals surface area contributed by atoms with Crippen LogP contribution in [0.4, 0.5) is 5.69 Å². The van der Waals surface area contributed by atoms with Crippen LogP contribution in [0.3, 0.4) is 0 Å². The van der Waals surface area contributed by atoms with Gasteiger partial charge in [-0.25, -0.2) is 5.01 Å². The van der Waals surface area contributed by atoms with Crippen molar-refractivity contribution in [2.24, 2.45) is 0 Å². The number of anilines is 1. The summed E-state index contributed by atoms with van der Waals surface area (Å²) in [6.07, 6.45) is 1.22. The topological polar surface area (TPSA) is 58.4 Å². The van der Waals surface area contributed by atoms with Gasteiger partial charge in [0.15, 0.2) is 0 Å². The smallest absolute Gasteiger partial charge is 0.234 e. The summed E-state index contributed by atoms with van der Waals surface area (Å²) in [6, 6.07) is 7.58. The standard InChI is InChI=1S/C11H17N3O/c1-14(2)13-11(15)8-5-9-3-6-10(12)7-4-9/h3-4,6-7H,5,8,12H2,1-2H3,(H,13,15). The van der Waals surface area contributed by atoms with Crippen LogP contribution in [0.15, 0.2) is 24.3 Å². The molecule has 1 rings (SSSR count). The van der Waals surface area contributed by atoms with Crippen molar-refractivity contribution >= 4 is 11.6 Å². The highest BCUT2D eigenvalue weighted by Crippen LogP contribution is 2.07. The summed E-state index contributed by atoms with van der Waals surface area (Å²) in [6.45, 7) is 0. The lowest BCUT2D eigenvalue weighted by atomic mass is 10.1. The first-order chi connectivity index (χ1) is 7.08. The number of carbonyl (C=O) groups is 1. The molecule has 3 N–H and O–H groups in total. The molecule has 4 heteroatoms. The number of nitrogens with one attached hydrogen (secondary N) is 1. The van der Waals surface area contributed by atoms with Gasteiger partial charge < -0.3 is 5.73 Å². The van der Waals surface area contributed by atoms with E-state index in [0.29, 0.717) is 6.42 Å². The highest BCUT2D eigenvalue weighted by molar-refractivity contribution is 5.75. The number of nitrogens with two attached hydrogens (primary N) is 1. The fourth-order valence-corrected chi connectivity index (χ4v) is 1.25. The fourth-order valence-electron chi connectivity index (χ4n) is 1.25. The van der Waals surface area contributed by atoms with Crippen molar-refractivity contribution in [1.29, 1.82) is 0 Å². The van der Waals surface area contributed by atoms with Crippen LogP contribution in [-0.2, 0) is 11.2 Å². The molecular formula is C11H17N3O. The van der Waals surface area contributed by atoms with Gasteiger partial charge in [0.2, 0.25) is 5.91 Å². The van der Waals surface area contributed by atoms with Gasteiger partial charge in [0, 0.05) is 26.2 Å². The number of rotatable bonds is 4. The van der Waals surface area contributed by atoms with Crippen LogP contribution in [0, 0.1) is 0 Å². The second-order valence-corrected chi connectivity index (χ2v) is 3.67. The van der Waals surface area contributed by atoms with E-state index >= 15 is 0 Å². The van der Waals surface area contributed by atoms with Crippen LogP contribution in [0.25, 0.3) is 0 Å². The average Bonchev–Trinajstić information content (AvgIpc) is 2.16. The second-order valence-electron chi connectivity index (χ2n) is 3.67. The van der Waals surface area contributed by atoms with E-state index in [0.717, 1.165) is 17.7 Å². The van der Waals surface area contributed by atoms with Crippen LogP contribution < -0.4 is 11.2 Å². The fraction of sp³-hybridized carbons (Fsp3) is 0.364. The first-order valence-corrected chi connectivity index (χ1v) is 4.89. The van der Waals surface area contributed by atoms with Crippen LogP contribution in [0.2, 0.25) is 0 Å². The third-order valence-electron chi connectivity index (χ3n) is 1.97. The number of aryl methyl sites for hydroxylation is 1. The van der Waals surface area contributed by atoms with Gasteiger partial charge in [0.05, 0.1) is 0 Å². The molecule has 15 heavy (non-hydrogen) atoms. The van der Waals surface area contributed by atoms with E-state index in [9.17, 15) is 4.79 Å². The molecule has 0 aliphatic carbocycles. The average molecular weight is 207 g/mol. The van der Waals surface area contributed by atoms with E-state index in [1.807, 2.05) is 24.3 Å². The quantitative estimate of drug-likeness (QED) is 0.567. The monoisotopic (exact) mass is 207 g/mol. The van der Waals surface area contributed by atoms with E-state index in [-0.39, 0.29) is 5.91 Å². The predicted octanol–water partition coefficient (Wildman–Crippen LogP) is 0.794. The second kappa shape index (κ2) is 5.36. The van der Waals surface area contributed by atoms with Gasteiger partial charge >= 0.3 is 0 Å². The normalized spacial score (nSPS) is 10.3. The molecule has 0 aliphatic rings. The molecule has 82 valence electrons. The molecule has 0 atom stereocenters. The van der Waals surface area contributed by atoms with Crippen molar-refractivity contribution in [2.45, 2.75) is 12.8 Å². The van der Waals surface area contributed by atoms with E-state index in [2.05, 4.69) is 5.43 Å². The summed E-state index contributed by atoms with van der Waals surface area (Å²) in [5, 5.41) is 1.64. The SMILES string of the molecule is CN(C)NC(=O)CCc1ccc(N)cc1. The summed E-state index contributed by atoms with van der Waals surface area (Å²) in [5.41, 5.74) is 10.1. The largest absolute Gasteiger partial charge is 0.399 e. The maximum absolute atomic E-state index is 11.3. The van der Waals surface area contributed by atoms with Gasteiger partial charge in [-0.1, -0.05) is 12.1 Å². The molecule has 0 heterocycles. The van der Waals surface area contributed by atoms with Crippen LogP contribution >= 0.6 is 0 Å². The van der Waals surface area contributed by atoms with Crippen LogP contribution in [0.5, 0.6) is 0 Å². The third kappa shape index (κ3) is 4.46. The molecule has 0 unspecified atom stereocenters. The van der Waals surface area contributed by atoms with Gasteiger partial charge in [-0.15, -0.1) is 0 Å². The Morgan fingerprint density at radius 2 is 1.93 bits per heavy atom. The zero-order valence-electron chi connectivity index (χ0n) is 9.16. The van der Waals surface area contributed by atoms with E-state index in [1.54, 1.807) is 19.1 Å². The molecule has 1 amide bonds. The first kappa shape index (κ1) is 11.5. The summed E-state index contributed by atoms with van der Waals surface area (Å²) in [7, 11) is 3.59. The Labute approximate surface area is 90.0 Å². The number of carbonyl (C=O) groups excluding carboxylic acids is 1. The van der Waals surface area contributed by atoms with Crippen molar-refractivity contribution in [3.63, 3.8) is 0 Å². The molecule has 4 nitrogen and oxygen atoms in total. The maximum atomic E-state index is 11.3. The molecule has 1 aromatic carbocycles. The predicted molar refractivity (Wildman–Crippen MR) is 61.0 cm³/mol. The highest BCUT2D eigenvalue weighted by Gasteiger charge is 2.02. The minimum absolute atomic E-state index is 0.0248. The Balaban J connectivity index is 2.37. The number of hydrogen-bond acceptors (Lipinski definition) is 3. The highest BCUT2D eigenvalue weighted by atomic mass is 16.2. The summed E-state index contributed by atoms with van der Waals surface area (Å²) < 4.78 is 0. The molecule has 0 bridgehead atoms. The summed E-state index contributed by atoms with van der Waals surface area (Å²) in [4.78, 5) is 11.3. The van der Waals surface area contributed by atoms with Gasteiger partial charge in [-0.05, 0) is 24.1 Å².